The lowest BCUT2D eigenvalue weighted by molar-refractivity contribution is 0.399. The molecule has 6 heteroatoms. The molecule has 0 saturated carbocycles. The molecule has 0 radical (unpaired) electrons. The average molecular weight is 297 g/mol. The number of nitrogens with zero attached hydrogens (tertiary/aromatic N) is 5. The summed E-state index contributed by atoms with van der Waals surface area (Å²) in [5.74, 6) is 0.511. The van der Waals surface area contributed by atoms with Gasteiger partial charge in [0.05, 0.1) is 11.2 Å². The Morgan fingerprint density at radius 2 is 1.95 bits per heavy atom. The minimum atomic E-state index is 0.511. The van der Waals surface area contributed by atoms with Gasteiger partial charge in [0.25, 0.3) is 5.95 Å². The van der Waals surface area contributed by atoms with Gasteiger partial charge in [-0.25, -0.2) is 0 Å². The predicted molar refractivity (Wildman–Crippen MR) is 84.4 cm³/mol. The predicted octanol–water partition coefficient (Wildman–Crippen LogP) is 2.96. The number of piperidine rings is 1. The first kappa shape index (κ1) is 13.3. The highest BCUT2D eigenvalue weighted by atomic mass is 16.5. The Balaban J connectivity index is 1.74. The summed E-state index contributed by atoms with van der Waals surface area (Å²) in [6.07, 6.45) is 4.52. The van der Waals surface area contributed by atoms with Crippen molar-refractivity contribution in [2.75, 3.05) is 18.0 Å². The Bertz CT molecular complexity index is 785. The van der Waals surface area contributed by atoms with Crippen LogP contribution in [0.4, 0.5) is 6.01 Å². The molecule has 2 aromatic heterocycles. The molecule has 6 nitrogen and oxygen atoms in total. The molecule has 4 rings (SSSR count). The summed E-state index contributed by atoms with van der Waals surface area (Å²) >= 11 is 0. The van der Waals surface area contributed by atoms with E-state index in [1.807, 2.05) is 18.2 Å². The summed E-state index contributed by atoms with van der Waals surface area (Å²) < 4.78 is 7.24. The Kier molecular flexibility index (Phi) is 3.29. The lowest BCUT2D eigenvalue weighted by Gasteiger charge is -2.23. The van der Waals surface area contributed by atoms with Gasteiger partial charge in [-0.05, 0) is 36.9 Å². The largest absolute Gasteiger partial charge is 0.325 e. The van der Waals surface area contributed by atoms with E-state index in [1.165, 1.54) is 19.3 Å². The van der Waals surface area contributed by atoms with E-state index in [9.17, 15) is 0 Å². The third kappa shape index (κ3) is 2.15. The van der Waals surface area contributed by atoms with Crippen LogP contribution in [0.2, 0.25) is 0 Å². The Hall–Kier alpha value is -2.37. The number of hydrogen-bond acceptors (Lipinski definition) is 5. The second-order valence-corrected chi connectivity index (χ2v) is 5.65. The molecule has 0 N–H and O–H groups in total. The fraction of sp³-hybridized carbons (Fsp3) is 0.438. The van der Waals surface area contributed by atoms with Crippen molar-refractivity contribution in [3.8, 4) is 5.95 Å². The van der Waals surface area contributed by atoms with Gasteiger partial charge < -0.3 is 9.42 Å². The molecule has 1 aromatic carbocycles. The molecule has 0 atom stereocenters. The molecule has 1 fully saturated rings. The monoisotopic (exact) mass is 297 g/mol. The molecule has 3 aromatic rings. The first-order valence-electron chi connectivity index (χ1n) is 7.92. The number of anilines is 1. The highest BCUT2D eigenvalue weighted by Gasteiger charge is 2.20. The van der Waals surface area contributed by atoms with Gasteiger partial charge in [0.2, 0.25) is 0 Å². The van der Waals surface area contributed by atoms with Crippen LogP contribution in [-0.4, -0.2) is 33.0 Å². The van der Waals surface area contributed by atoms with Gasteiger partial charge in [-0.1, -0.05) is 25.1 Å². The molecule has 3 heterocycles. The van der Waals surface area contributed by atoms with Crippen LogP contribution in [0.3, 0.4) is 0 Å². The van der Waals surface area contributed by atoms with Gasteiger partial charge >= 0.3 is 6.01 Å². The summed E-state index contributed by atoms with van der Waals surface area (Å²) in [6.45, 7) is 4.08. The van der Waals surface area contributed by atoms with E-state index < -0.39 is 0 Å². The van der Waals surface area contributed by atoms with E-state index in [1.54, 1.807) is 4.68 Å². The Morgan fingerprint density at radius 1 is 1.14 bits per heavy atom. The van der Waals surface area contributed by atoms with Crippen LogP contribution in [0, 0.1) is 0 Å². The van der Waals surface area contributed by atoms with Crippen molar-refractivity contribution in [3.05, 3.63) is 30.0 Å². The van der Waals surface area contributed by atoms with E-state index >= 15 is 0 Å². The second kappa shape index (κ2) is 5.44. The van der Waals surface area contributed by atoms with Gasteiger partial charge in [-0.15, -0.1) is 0 Å². The van der Waals surface area contributed by atoms with Crippen LogP contribution in [0.5, 0.6) is 0 Å². The van der Waals surface area contributed by atoms with Crippen LogP contribution >= 0.6 is 0 Å². The van der Waals surface area contributed by atoms with Crippen molar-refractivity contribution in [2.24, 2.45) is 0 Å². The number of fused-ring (bicyclic) bond motifs is 1. The van der Waals surface area contributed by atoms with Crippen molar-refractivity contribution in [1.29, 1.82) is 0 Å². The number of para-hydroxylation sites is 1. The van der Waals surface area contributed by atoms with Crippen LogP contribution < -0.4 is 4.90 Å². The fourth-order valence-corrected chi connectivity index (χ4v) is 3.05. The number of rotatable bonds is 3. The fourth-order valence-electron chi connectivity index (χ4n) is 3.05. The molecule has 114 valence electrons. The van der Waals surface area contributed by atoms with E-state index in [-0.39, 0.29) is 0 Å². The molecular formula is C16H19N5O. The standard InChI is InChI=1S/C16H19N5O/c1-2-13-12-8-4-5-9-14(12)21(18-13)15-17-16(22-19-15)20-10-6-3-7-11-20/h4-5,8-9H,2-3,6-7,10-11H2,1H3. The molecular weight excluding hydrogens is 278 g/mol. The zero-order chi connectivity index (χ0) is 14.9. The molecule has 22 heavy (non-hydrogen) atoms. The number of aromatic nitrogens is 4. The minimum absolute atomic E-state index is 0.511. The quantitative estimate of drug-likeness (QED) is 0.744. The first-order chi connectivity index (χ1) is 10.9. The van der Waals surface area contributed by atoms with Crippen molar-refractivity contribution >= 4 is 16.9 Å². The van der Waals surface area contributed by atoms with Crippen molar-refractivity contribution in [3.63, 3.8) is 0 Å². The van der Waals surface area contributed by atoms with Crippen molar-refractivity contribution in [2.45, 2.75) is 32.6 Å². The summed E-state index contributed by atoms with van der Waals surface area (Å²) in [5, 5.41) is 9.93. The molecule has 1 aliphatic heterocycles. The summed E-state index contributed by atoms with van der Waals surface area (Å²) in [5.41, 5.74) is 2.07. The smallest absolute Gasteiger partial charge is 0.324 e. The van der Waals surface area contributed by atoms with Gasteiger partial charge in [0, 0.05) is 18.5 Å². The van der Waals surface area contributed by atoms with Crippen LogP contribution in [-0.2, 0) is 6.42 Å². The highest BCUT2D eigenvalue weighted by Crippen LogP contribution is 2.23. The van der Waals surface area contributed by atoms with Gasteiger partial charge in [0.15, 0.2) is 0 Å². The third-order valence-electron chi connectivity index (χ3n) is 4.22. The van der Waals surface area contributed by atoms with E-state index in [2.05, 4.69) is 33.1 Å². The first-order valence-corrected chi connectivity index (χ1v) is 7.92. The molecule has 0 amide bonds. The van der Waals surface area contributed by atoms with Crippen molar-refractivity contribution < 1.29 is 4.52 Å². The lowest BCUT2D eigenvalue weighted by atomic mass is 10.1. The topological polar surface area (TPSA) is 60.0 Å². The van der Waals surface area contributed by atoms with Crippen LogP contribution in [0.15, 0.2) is 28.8 Å². The second-order valence-electron chi connectivity index (χ2n) is 5.65. The van der Waals surface area contributed by atoms with Gasteiger partial charge in [0.1, 0.15) is 0 Å². The minimum Gasteiger partial charge on any atom is -0.324 e. The van der Waals surface area contributed by atoms with E-state index in [0.29, 0.717) is 12.0 Å². The maximum absolute atomic E-state index is 5.45. The number of hydrogen-bond donors (Lipinski definition) is 0. The van der Waals surface area contributed by atoms with Crippen molar-refractivity contribution in [1.82, 2.24) is 19.9 Å². The third-order valence-corrected chi connectivity index (χ3v) is 4.22. The van der Waals surface area contributed by atoms with Gasteiger partial charge in [-0.2, -0.15) is 14.8 Å². The molecule has 0 bridgehead atoms. The van der Waals surface area contributed by atoms with Crippen LogP contribution in [0.1, 0.15) is 31.9 Å². The average Bonchev–Trinajstić information content (AvgIpc) is 3.20. The zero-order valence-electron chi connectivity index (χ0n) is 12.7. The Morgan fingerprint density at radius 3 is 2.77 bits per heavy atom. The summed E-state index contributed by atoms with van der Waals surface area (Å²) in [4.78, 5) is 6.71. The summed E-state index contributed by atoms with van der Waals surface area (Å²) in [7, 11) is 0. The van der Waals surface area contributed by atoms with E-state index in [0.717, 1.165) is 36.1 Å². The normalized spacial score (nSPS) is 15.6. The lowest BCUT2D eigenvalue weighted by Crippen LogP contribution is -2.29. The van der Waals surface area contributed by atoms with Crippen LogP contribution in [0.25, 0.3) is 16.9 Å². The number of aryl methyl sites for hydroxylation is 1. The van der Waals surface area contributed by atoms with Gasteiger partial charge in [-0.3, -0.25) is 0 Å². The zero-order valence-corrected chi connectivity index (χ0v) is 12.7. The number of benzene rings is 1. The Labute approximate surface area is 128 Å². The molecule has 1 saturated heterocycles. The van der Waals surface area contributed by atoms with E-state index in [4.69, 9.17) is 4.52 Å². The molecule has 0 unspecified atom stereocenters. The SMILES string of the molecule is CCc1nn(-c2noc(N3CCCCC3)n2)c2ccccc12. The molecule has 0 spiro atoms. The molecule has 0 aliphatic carbocycles. The molecule has 1 aliphatic rings. The maximum atomic E-state index is 5.45. The summed E-state index contributed by atoms with van der Waals surface area (Å²) in [6, 6.07) is 8.77. The maximum Gasteiger partial charge on any atom is 0.325 e. The highest BCUT2D eigenvalue weighted by molar-refractivity contribution is 5.83.